The van der Waals surface area contributed by atoms with Crippen LogP contribution in [0.2, 0.25) is 0 Å². The van der Waals surface area contributed by atoms with E-state index >= 15 is 0 Å². The number of carbonyl (C=O) groups excluding carboxylic acids is 1. The highest BCUT2D eigenvalue weighted by molar-refractivity contribution is 5.72. The molecule has 0 unspecified atom stereocenters. The molecule has 0 aliphatic heterocycles. The molecule has 0 amide bonds. The third kappa shape index (κ3) is 3.26. The number of pyridine rings is 1. The quantitative estimate of drug-likeness (QED) is 0.665. The molecule has 1 N–H and O–H groups in total. The Morgan fingerprint density at radius 1 is 1.35 bits per heavy atom. The lowest BCUT2D eigenvalue weighted by molar-refractivity contribution is -0.275. The second-order valence-corrected chi connectivity index (χ2v) is 2.80. The maximum atomic E-state index is 12.4. The molecule has 0 atom stereocenters. The molecule has 4 nitrogen and oxygen atoms in total. The predicted octanol–water partition coefficient (Wildman–Crippen LogP) is 2.02. The van der Waals surface area contributed by atoms with Crippen LogP contribution in [0.5, 0.6) is 5.75 Å². The van der Waals surface area contributed by atoms with E-state index in [4.69, 9.17) is 0 Å². The van der Waals surface area contributed by atoms with Crippen molar-refractivity contribution in [3.63, 3.8) is 0 Å². The van der Waals surface area contributed by atoms with Crippen molar-refractivity contribution in [3.8, 4) is 5.75 Å². The molecule has 0 aliphatic rings. The minimum Gasteiger partial charge on any atom is -0.399 e. The Kier molecular flexibility index (Phi) is 3.49. The number of hydrogen-bond acceptors (Lipinski definition) is 3. The molecule has 0 fully saturated rings. The second-order valence-electron chi connectivity index (χ2n) is 2.80. The van der Waals surface area contributed by atoms with Crippen molar-refractivity contribution in [2.45, 2.75) is 12.8 Å². The van der Waals surface area contributed by atoms with E-state index in [1.807, 2.05) is 0 Å². The van der Waals surface area contributed by atoms with E-state index in [1.54, 1.807) is 4.98 Å². The average Bonchev–Trinajstić information content (AvgIpc) is 2.18. The van der Waals surface area contributed by atoms with Crippen molar-refractivity contribution >= 4 is 6.29 Å². The smallest absolute Gasteiger partial charge is 0.399 e. The van der Waals surface area contributed by atoms with Gasteiger partial charge in [0, 0.05) is 6.07 Å². The molecular formula is C8H4F5NO3. The monoisotopic (exact) mass is 257 g/mol. The molecule has 1 aromatic rings. The summed E-state index contributed by atoms with van der Waals surface area (Å²) in [5.41, 5.74) is -3.42. The largest absolute Gasteiger partial charge is 0.573 e. The van der Waals surface area contributed by atoms with Gasteiger partial charge in [0.1, 0.15) is 5.69 Å². The number of carbonyl (C=O) groups is 1. The fourth-order valence-corrected chi connectivity index (χ4v) is 1.03. The van der Waals surface area contributed by atoms with Gasteiger partial charge >= 0.3 is 6.36 Å². The fraction of sp³-hybridized carbons (Fsp3) is 0.250. The Morgan fingerprint density at radius 2 is 1.94 bits per heavy atom. The van der Waals surface area contributed by atoms with E-state index in [2.05, 4.69) is 4.74 Å². The van der Waals surface area contributed by atoms with Crippen LogP contribution < -0.4 is 10.2 Å². The number of aromatic amines is 1. The molecule has 1 rings (SSSR count). The number of halogens is 5. The minimum absolute atomic E-state index is 0.0185. The minimum atomic E-state index is -5.28. The van der Waals surface area contributed by atoms with Gasteiger partial charge in [0.05, 0.1) is 5.69 Å². The number of hydrogen-bond donors (Lipinski definition) is 1. The molecule has 0 aliphatic carbocycles. The summed E-state index contributed by atoms with van der Waals surface area (Å²) in [7, 11) is 0. The summed E-state index contributed by atoms with van der Waals surface area (Å²) in [5, 5.41) is 0. The summed E-state index contributed by atoms with van der Waals surface area (Å²) >= 11 is 0. The first-order chi connectivity index (χ1) is 7.74. The predicted molar refractivity (Wildman–Crippen MR) is 44.1 cm³/mol. The van der Waals surface area contributed by atoms with Gasteiger partial charge in [-0.05, 0) is 0 Å². The van der Waals surface area contributed by atoms with Crippen LogP contribution in [0.4, 0.5) is 22.0 Å². The zero-order valence-corrected chi connectivity index (χ0v) is 7.85. The maximum Gasteiger partial charge on any atom is 0.573 e. The van der Waals surface area contributed by atoms with E-state index in [1.165, 1.54) is 0 Å². The summed E-state index contributed by atoms with van der Waals surface area (Å²) in [6.45, 7) is 0. The number of alkyl halides is 5. The second kappa shape index (κ2) is 4.52. The van der Waals surface area contributed by atoms with Gasteiger partial charge in [-0.25, -0.2) is 8.78 Å². The van der Waals surface area contributed by atoms with Gasteiger partial charge in [0.15, 0.2) is 6.29 Å². The molecular weight excluding hydrogens is 253 g/mol. The Hall–Kier alpha value is -1.93. The molecule has 94 valence electrons. The number of ether oxygens (including phenoxy) is 1. The van der Waals surface area contributed by atoms with Crippen molar-refractivity contribution in [1.82, 2.24) is 4.98 Å². The lowest BCUT2D eigenvalue weighted by atomic mass is 10.3. The first kappa shape index (κ1) is 13.1. The average molecular weight is 257 g/mol. The lowest BCUT2D eigenvalue weighted by Crippen LogP contribution is -2.24. The van der Waals surface area contributed by atoms with Gasteiger partial charge in [0.25, 0.3) is 6.43 Å². The van der Waals surface area contributed by atoms with Gasteiger partial charge in [-0.15, -0.1) is 13.2 Å². The SMILES string of the molecule is O=Cc1cc(=O)c(OC(F)(F)F)c(C(F)F)[nH]1. The van der Waals surface area contributed by atoms with Gasteiger partial charge in [-0.2, -0.15) is 0 Å². The van der Waals surface area contributed by atoms with Crippen LogP contribution in [0.1, 0.15) is 22.6 Å². The van der Waals surface area contributed by atoms with Gasteiger partial charge < -0.3 is 9.72 Å². The van der Waals surface area contributed by atoms with E-state index < -0.39 is 35.4 Å². The van der Waals surface area contributed by atoms with Crippen LogP contribution in [-0.4, -0.2) is 17.6 Å². The molecule has 9 heteroatoms. The van der Waals surface area contributed by atoms with Crippen LogP contribution in [-0.2, 0) is 0 Å². The number of aromatic nitrogens is 1. The highest BCUT2D eigenvalue weighted by atomic mass is 19.4. The standard InChI is InChI=1S/C8H4F5NO3/c9-7(10)5-6(17-8(11,12)13)4(16)1-3(2-15)14-5/h1-2,7H,(H,14,16). The van der Waals surface area contributed by atoms with E-state index in [0.717, 1.165) is 0 Å². The number of aldehydes is 1. The van der Waals surface area contributed by atoms with Crippen LogP contribution in [0.25, 0.3) is 0 Å². The molecule has 0 saturated heterocycles. The first-order valence-corrected chi connectivity index (χ1v) is 4.01. The zero-order chi connectivity index (χ0) is 13.2. The molecule has 0 radical (unpaired) electrons. The Balaban J connectivity index is 3.37. The Morgan fingerprint density at radius 3 is 2.35 bits per heavy atom. The topological polar surface area (TPSA) is 59.2 Å². The Labute approximate surface area is 90.0 Å². The summed E-state index contributed by atoms with van der Waals surface area (Å²) in [6, 6.07) is 0.431. The van der Waals surface area contributed by atoms with Crippen molar-refractivity contribution in [2.24, 2.45) is 0 Å². The third-order valence-corrected chi connectivity index (χ3v) is 1.60. The molecule has 0 aromatic carbocycles. The van der Waals surface area contributed by atoms with Crippen molar-refractivity contribution in [1.29, 1.82) is 0 Å². The van der Waals surface area contributed by atoms with Gasteiger partial charge in [-0.3, -0.25) is 9.59 Å². The van der Waals surface area contributed by atoms with Crippen molar-refractivity contribution in [3.05, 3.63) is 27.7 Å². The van der Waals surface area contributed by atoms with Gasteiger partial charge in [0.2, 0.25) is 11.2 Å². The highest BCUT2D eigenvalue weighted by Gasteiger charge is 2.35. The van der Waals surface area contributed by atoms with Crippen LogP contribution in [0, 0.1) is 0 Å². The van der Waals surface area contributed by atoms with Crippen molar-refractivity contribution in [2.75, 3.05) is 0 Å². The van der Waals surface area contributed by atoms with E-state index in [-0.39, 0.29) is 6.29 Å². The van der Waals surface area contributed by atoms with Crippen LogP contribution in [0.3, 0.4) is 0 Å². The summed E-state index contributed by atoms with van der Waals surface area (Å²) in [6.07, 6.45) is -8.68. The number of H-pyrrole nitrogens is 1. The summed E-state index contributed by atoms with van der Waals surface area (Å²) < 4.78 is 63.5. The molecule has 0 spiro atoms. The normalized spacial score (nSPS) is 11.6. The maximum absolute atomic E-state index is 12.4. The number of nitrogens with one attached hydrogen (secondary N) is 1. The molecule has 1 aromatic heterocycles. The van der Waals surface area contributed by atoms with Crippen molar-refractivity contribution < 1.29 is 31.5 Å². The van der Waals surface area contributed by atoms with Gasteiger partial charge in [-0.1, -0.05) is 0 Å². The Bertz CT molecular complexity index is 479. The fourth-order valence-electron chi connectivity index (χ4n) is 1.03. The van der Waals surface area contributed by atoms with E-state index in [9.17, 15) is 31.5 Å². The molecule has 1 heterocycles. The first-order valence-electron chi connectivity index (χ1n) is 4.01. The van der Waals surface area contributed by atoms with Crippen LogP contribution in [0.15, 0.2) is 10.9 Å². The van der Waals surface area contributed by atoms with Crippen LogP contribution >= 0.6 is 0 Å². The molecule has 0 saturated carbocycles. The van der Waals surface area contributed by atoms with E-state index in [0.29, 0.717) is 6.07 Å². The number of rotatable bonds is 3. The zero-order valence-electron chi connectivity index (χ0n) is 7.85. The molecule has 17 heavy (non-hydrogen) atoms. The summed E-state index contributed by atoms with van der Waals surface area (Å²) in [5.74, 6) is -1.57. The lowest BCUT2D eigenvalue weighted by Gasteiger charge is -2.12. The molecule has 0 bridgehead atoms. The third-order valence-electron chi connectivity index (χ3n) is 1.60. The highest BCUT2D eigenvalue weighted by Crippen LogP contribution is 2.28. The summed E-state index contributed by atoms with van der Waals surface area (Å²) in [4.78, 5) is 23.0.